The standard InChI is InChI=1S/C19H20N2O6/c1-13(2)20(15-7-5-4-6-8-15)18(22)12-27-19(23)14-9-10-17(26-3)16(11-14)21(24)25/h4-11,13H,12H2,1-3H3. The number of carbonyl (C=O) groups excluding carboxylic acids is 2. The molecule has 0 aliphatic carbocycles. The zero-order chi connectivity index (χ0) is 20.0. The molecule has 0 fully saturated rings. The van der Waals surface area contributed by atoms with Crippen LogP contribution in [0, 0.1) is 10.1 Å². The second kappa shape index (κ2) is 8.79. The van der Waals surface area contributed by atoms with Crippen LogP contribution in [0.2, 0.25) is 0 Å². The monoisotopic (exact) mass is 372 g/mol. The number of nitro benzene ring substituents is 1. The Labute approximate surface area is 156 Å². The fraction of sp³-hybridized carbons (Fsp3) is 0.263. The topological polar surface area (TPSA) is 99.0 Å². The summed E-state index contributed by atoms with van der Waals surface area (Å²) in [5, 5.41) is 11.1. The molecule has 1 amide bonds. The lowest BCUT2D eigenvalue weighted by molar-refractivity contribution is -0.385. The van der Waals surface area contributed by atoms with E-state index in [2.05, 4.69) is 0 Å². The fourth-order valence-electron chi connectivity index (χ4n) is 2.56. The van der Waals surface area contributed by atoms with Crippen LogP contribution in [-0.2, 0) is 9.53 Å². The molecular weight excluding hydrogens is 352 g/mol. The lowest BCUT2D eigenvalue weighted by Crippen LogP contribution is -2.39. The van der Waals surface area contributed by atoms with E-state index < -0.39 is 23.4 Å². The van der Waals surface area contributed by atoms with E-state index in [0.717, 1.165) is 6.07 Å². The van der Waals surface area contributed by atoms with Crippen molar-refractivity contribution in [1.82, 2.24) is 0 Å². The van der Waals surface area contributed by atoms with Gasteiger partial charge in [-0.1, -0.05) is 18.2 Å². The highest BCUT2D eigenvalue weighted by atomic mass is 16.6. The van der Waals surface area contributed by atoms with Crippen LogP contribution < -0.4 is 9.64 Å². The minimum atomic E-state index is -0.828. The third-order valence-electron chi connectivity index (χ3n) is 3.76. The summed E-state index contributed by atoms with van der Waals surface area (Å²) in [6.07, 6.45) is 0. The smallest absolute Gasteiger partial charge is 0.338 e. The van der Waals surface area contributed by atoms with Crippen molar-refractivity contribution >= 4 is 23.3 Å². The summed E-state index contributed by atoms with van der Waals surface area (Å²) in [6, 6.07) is 12.6. The molecule has 0 radical (unpaired) electrons. The molecule has 0 spiro atoms. The number of esters is 1. The van der Waals surface area contributed by atoms with Gasteiger partial charge in [0.05, 0.1) is 17.6 Å². The number of anilines is 1. The Bertz CT molecular complexity index is 835. The molecule has 2 aromatic carbocycles. The Kier molecular flexibility index (Phi) is 6.48. The summed E-state index contributed by atoms with van der Waals surface area (Å²) < 4.78 is 9.95. The van der Waals surface area contributed by atoms with Crippen molar-refractivity contribution in [2.45, 2.75) is 19.9 Å². The van der Waals surface area contributed by atoms with Crippen LogP contribution in [0.15, 0.2) is 48.5 Å². The van der Waals surface area contributed by atoms with Crippen molar-refractivity contribution in [3.63, 3.8) is 0 Å². The van der Waals surface area contributed by atoms with Gasteiger partial charge in [0, 0.05) is 17.8 Å². The number of ether oxygens (including phenoxy) is 2. The lowest BCUT2D eigenvalue weighted by atomic mass is 10.2. The Hall–Kier alpha value is -3.42. The quantitative estimate of drug-likeness (QED) is 0.420. The van der Waals surface area contributed by atoms with E-state index in [1.54, 1.807) is 24.3 Å². The van der Waals surface area contributed by atoms with Gasteiger partial charge in [0.1, 0.15) is 0 Å². The van der Waals surface area contributed by atoms with Crippen LogP contribution in [-0.4, -0.2) is 36.6 Å². The summed E-state index contributed by atoms with van der Waals surface area (Å²) in [4.78, 5) is 36.6. The van der Waals surface area contributed by atoms with Crippen molar-refractivity contribution in [3.05, 3.63) is 64.2 Å². The minimum Gasteiger partial charge on any atom is -0.490 e. The molecule has 2 rings (SSSR count). The first-order valence-corrected chi connectivity index (χ1v) is 8.21. The van der Waals surface area contributed by atoms with Gasteiger partial charge >= 0.3 is 11.7 Å². The maximum atomic E-state index is 12.5. The molecule has 0 atom stereocenters. The zero-order valence-corrected chi connectivity index (χ0v) is 15.2. The van der Waals surface area contributed by atoms with Crippen molar-refractivity contribution in [2.24, 2.45) is 0 Å². The van der Waals surface area contributed by atoms with Gasteiger partial charge in [-0.15, -0.1) is 0 Å². The van der Waals surface area contributed by atoms with E-state index in [1.165, 1.54) is 24.1 Å². The Morgan fingerprint density at radius 2 is 1.81 bits per heavy atom. The minimum absolute atomic E-state index is 0.0303. The second-order valence-electron chi connectivity index (χ2n) is 5.91. The van der Waals surface area contributed by atoms with Crippen LogP contribution in [0.5, 0.6) is 5.75 Å². The van der Waals surface area contributed by atoms with E-state index in [1.807, 2.05) is 19.9 Å². The average molecular weight is 372 g/mol. The number of rotatable bonds is 7. The highest BCUT2D eigenvalue weighted by Crippen LogP contribution is 2.27. The first-order chi connectivity index (χ1) is 12.8. The molecule has 8 heteroatoms. The third-order valence-corrected chi connectivity index (χ3v) is 3.76. The maximum Gasteiger partial charge on any atom is 0.338 e. The Morgan fingerprint density at radius 3 is 2.37 bits per heavy atom. The molecule has 0 saturated carbocycles. The van der Waals surface area contributed by atoms with E-state index in [9.17, 15) is 19.7 Å². The van der Waals surface area contributed by atoms with E-state index in [4.69, 9.17) is 9.47 Å². The molecule has 0 aliphatic rings. The normalized spacial score (nSPS) is 10.4. The summed E-state index contributed by atoms with van der Waals surface area (Å²) >= 11 is 0. The second-order valence-corrected chi connectivity index (χ2v) is 5.91. The number of amides is 1. The number of carbonyl (C=O) groups is 2. The predicted molar refractivity (Wildman–Crippen MR) is 99.0 cm³/mol. The predicted octanol–water partition coefficient (Wildman–Crippen LogP) is 3.20. The van der Waals surface area contributed by atoms with Gasteiger partial charge in [0.25, 0.3) is 5.91 Å². The third kappa shape index (κ3) is 4.81. The molecule has 0 heterocycles. The van der Waals surface area contributed by atoms with E-state index >= 15 is 0 Å². The van der Waals surface area contributed by atoms with Crippen LogP contribution >= 0.6 is 0 Å². The highest BCUT2D eigenvalue weighted by Gasteiger charge is 2.22. The van der Waals surface area contributed by atoms with Gasteiger partial charge in [-0.3, -0.25) is 14.9 Å². The lowest BCUT2D eigenvalue weighted by Gasteiger charge is -2.26. The van der Waals surface area contributed by atoms with Crippen molar-refractivity contribution in [3.8, 4) is 5.75 Å². The molecule has 2 aromatic rings. The number of para-hydroxylation sites is 1. The summed E-state index contributed by atoms with van der Waals surface area (Å²) in [5.74, 6) is -1.19. The summed E-state index contributed by atoms with van der Waals surface area (Å²) in [6.45, 7) is 3.21. The fourth-order valence-corrected chi connectivity index (χ4v) is 2.56. The molecule has 0 bridgehead atoms. The van der Waals surface area contributed by atoms with Gasteiger partial charge in [-0.05, 0) is 38.1 Å². The van der Waals surface area contributed by atoms with Crippen molar-refractivity contribution in [2.75, 3.05) is 18.6 Å². The van der Waals surface area contributed by atoms with Crippen molar-refractivity contribution < 1.29 is 24.0 Å². The first kappa shape index (κ1) is 19.9. The van der Waals surface area contributed by atoms with Gasteiger partial charge in [0.15, 0.2) is 12.4 Å². The van der Waals surface area contributed by atoms with Crippen molar-refractivity contribution in [1.29, 1.82) is 0 Å². The molecule has 142 valence electrons. The Morgan fingerprint density at radius 1 is 1.15 bits per heavy atom. The number of benzene rings is 2. The molecule has 0 aromatic heterocycles. The molecular formula is C19H20N2O6. The maximum absolute atomic E-state index is 12.5. The molecule has 0 saturated heterocycles. The number of hydrogen-bond acceptors (Lipinski definition) is 6. The van der Waals surface area contributed by atoms with Gasteiger partial charge in [0.2, 0.25) is 0 Å². The molecule has 0 N–H and O–H groups in total. The SMILES string of the molecule is COc1ccc(C(=O)OCC(=O)N(c2ccccc2)C(C)C)cc1[N+](=O)[O-]. The highest BCUT2D eigenvalue weighted by molar-refractivity contribution is 5.97. The summed E-state index contributed by atoms with van der Waals surface area (Å²) in [5.41, 5.74) is 0.297. The zero-order valence-electron chi connectivity index (χ0n) is 15.2. The number of nitrogens with zero attached hydrogens (tertiary/aromatic N) is 2. The molecule has 27 heavy (non-hydrogen) atoms. The van der Waals surface area contributed by atoms with E-state index in [-0.39, 0.29) is 23.0 Å². The van der Waals surface area contributed by atoms with Crippen LogP contribution in [0.4, 0.5) is 11.4 Å². The van der Waals surface area contributed by atoms with Gasteiger partial charge in [-0.2, -0.15) is 0 Å². The van der Waals surface area contributed by atoms with Gasteiger partial charge in [-0.25, -0.2) is 4.79 Å². The van der Waals surface area contributed by atoms with E-state index in [0.29, 0.717) is 5.69 Å². The number of methoxy groups -OCH3 is 1. The van der Waals surface area contributed by atoms with Gasteiger partial charge < -0.3 is 14.4 Å². The molecule has 0 unspecified atom stereocenters. The largest absolute Gasteiger partial charge is 0.490 e. The Balaban J connectivity index is 2.11. The van der Waals surface area contributed by atoms with Crippen LogP contribution in [0.1, 0.15) is 24.2 Å². The summed E-state index contributed by atoms with van der Waals surface area (Å²) in [7, 11) is 1.29. The van der Waals surface area contributed by atoms with Crippen LogP contribution in [0.3, 0.4) is 0 Å². The molecule has 0 aliphatic heterocycles. The number of hydrogen-bond donors (Lipinski definition) is 0. The first-order valence-electron chi connectivity index (χ1n) is 8.21. The average Bonchev–Trinajstić information content (AvgIpc) is 2.66. The van der Waals surface area contributed by atoms with Crippen LogP contribution in [0.25, 0.3) is 0 Å². The molecule has 8 nitrogen and oxygen atoms in total. The number of nitro groups is 1.